The van der Waals surface area contributed by atoms with E-state index in [0.29, 0.717) is 10.8 Å². The molecule has 0 spiro atoms. The Labute approximate surface area is 87.0 Å². The Hall–Kier alpha value is -1.13. The Balaban J connectivity index is 3.06. The molecule has 0 amide bonds. The van der Waals surface area contributed by atoms with Crippen molar-refractivity contribution in [1.29, 1.82) is 0 Å². The summed E-state index contributed by atoms with van der Waals surface area (Å²) < 4.78 is 4.95. The largest absolute Gasteiger partial charge is 0.495 e. The van der Waals surface area contributed by atoms with Crippen molar-refractivity contribution < 1.29 is 9.53 Å². The summed E-state index contributed by atoms with van der Waals surface area (Å²) in [5, 5.41) is 0.369. The number of pyridine rings is 1. The average Bonchev–Trinajstić information content (AvgIpc) is 2.17. The lowest BCUT2D eigenvalue weighted by Crippen LogP contribution is -2.27. The summed E-state index contributed by atoms with van der Waals surface area (Å²) in [6.45, 7) is 1.60. The number of carbonyl (C=O) groups is 1. The van der Waals surface area contributed by atoms with Gasteiger partial charge in [0.05, 0.1) is 19.3 Å². The predicted molar refractivity (Wildman–Crippen MR) is 53.8 cm³/mol. The van der Waals surface area contributed by atoms with Gasteiger partial charge < -0.3 is 10.5 Å². The summed E-state index contributed by atoms with van der Waals surface area (Å²) in [5.74, 6) is 0.186. The summed E-state index contributed by atoms with van der Waals surface area (Å²) in [6.07, 6.45) is 1.37. The lowest BCUT2D eigenvalue weighted by Gasteiger charge is -2.06. The van der Waals surface area contributed by atoms with Crippen LogP contribution >= 0.6 is 11.6 Å². The molecule has 1 aromatic heterocycles. The van der Waals surface area contributed by atoms with Crippen LogP contribution in [0.25, 0.3) is 0 Å². The number of nitrogens with two attached hydrogens (primary N) is 1. The van der Waals surface area contributed by atoms with Gasteiger partial charge >= 0.3 is 0 Å². The summed E-state index contributed by atoms with van der Waals surface area (Å²) in [7, 11) is 1.47. The molecule has 0 bridgehead atoms. The Bertz CT molecular complexity index is 353. The molecule has 1 unspecified atom stereocenters. The first-order valence-corrected chi connectivity index (χ1v) is 4.43. The minimum atomic E-state index is -0.576. The molecule has 0 aliphatic heterocycles. The third-order valence-corrected chi connectivity index (χ3v) is 1.99. The van der Waals surface area contributed by atoms with E-state index in [1.165, 1.54) is 19.4 Å². The maximum Gasteiger partial charge on any atom is 0.197 e. The van der Waals surface area contributed by atoms with Crippen molar-refractivity contribution >= 4 is 17.4 Å². The van der Waals surface area contributed by atoms with E-state index in [0.717, 1.165) is 0 Å². The Morgan fingerprint density at radius 2 is 2.36 bits per heavy atom. The van der Waals surface area contributed by atoms with Gasteiger partial charge in [-0.25, -0.2) is 0 Å². The van der Waals surface area contributed by atoms with Gasteiger partial charge in [-0.05, 0) is 6.92 Å². The third-order valence-electron chi connectivity index (χ3n) is 1.71. The van der Waals surface area contributed by atoms with Crippen molar-refractivity contribution in [2.24, 2.45) is 5.73 Å². The Kier molecular flexibility index (Phi) is 3.43. The van der Waals surface area contributed by atoms with Crippen molar-refractivity contribution in [2.75, 3.05) is 7.11 Å². The maximum absolute atomic E-state index is 11.4. The number of ether oxygens (including phenoxy) is 1. The number of Topliss-reactive ketones (excluding diaryl/α,β-unsaturated/α-hetero) is 1. The first kappa shape index (κ1) is 10.9. The molecule has 2 N–H and O–H groups in total. The monoisotopic (exact) mass is 214 g/mol. The number of carbonyl (C=O) groups excluding carboxylic acids is 1. The lowest BCUT2D eigenvalue weighted by atomic mass is 10.1. The number of hydrogen-bond donors (Lipinski definition) is 1. The van der Waals surface area contributed by atoms with E-state index in [-0.39, 0.29) is 11.5 Å². The second-order valence-corrected chi connectivity index (χ2v) is 3.26. The topological polar surface area (TPSA) is 65.2 Å². The quantitative estimate of drug-likeness (QED) is 0.770. The highest BCUT2D eigenvalue weighted by molar-refractivity contribution is 6.32. The first-order chi connectivity index (χ1) is 6.56. The van der Waals surface area contributed by atoms with Gasteiger partial charge in [0.2, 0.25) is 0 Å². The van der Waals surface area contributed by atoms with E-state index in [4.69, 9.17) is 22.1 Å². The van der Waals surface area contributed by atoms with Gasteiger partial charge in [-0.15, -0.1) is 0 Å². The molecule has 1 rings (SSSR count). The van der Waals surface area contributed by atoms with Gasteiger partial charge in [0.25, 0.3) is 0 Å². The van der Waals surface area contributed by atoms with Crippen LogP contribution in [0.3, 0.4) is 0 Å². The fraction of sp³-hybridized carbons (Fsp3) is 0.333. The number of methoxy groups -OCH3 is 1. The Morgan fingerprint density at radius 3 is 2.86 bits per heavy atom. The van der Waals surface area contributed by atoms with E-state index < -0.39 is 6.04 Å². The number of hydrogen-bond acceptors (Lipinski definition) is 4. The van der Waals surface area contributed by atoms with Crippen LogP contribution in [0, 0.1) is 0 Å². The zero-order valence-electron chi connectivity index (χ0n) is 7.95. The number of ketones is 1. The van der Waals surface area contributed by atoms with Crippen LogP contribution in [0.2, 0.25) is 5.02 Å². The normalized spacial score (nSPS) is 12.3. The zero-order chi connectivity index (χ0) is 10.7. The fourth-order valence-electron chi connectivity index (χ4n) is 0.945. The second-order valence-electron chi connectivity index (χ2n) is 2.86. The fourth-order valence-corrected chi connectivity index (χ4v) is 1.13. The van der Waals surface area contributed by atoms with Crippen molar-refractivity contribution in [3.8, 4) is 5.75 Å². The molecule has 0 saturated heterocycles. The number of aromatic nitrogens is 1. The summed E-state index contributed by atoms with van der Waals surface area (Å²) >= 11 is 5.75. The van der Waals surface area contributed by atoms with E-state index in [1.807, 2.05) is 0 Å². The van der Waals surface area contributed by atoms with Crippen molar-refractivity contribution in [3.63, 3.8) is 0 Å². The highest BCUT2D eigenvalue weighted by atomic mass is 35.5. The standard InChI is InChI=1S/C9H11ClN2O2/c1-5(11)9(13)7-3-8(14-2)6(10)4-12-7/h3-5H,11H2,1-2H3. The van der Waals surface area contributed by atoms with Crippen LogP contribution in [0.15, 0.2) is 12.3 Å². The van der Waals surface area contributed by atoms with E-state index in [1.54, 1.807) is 6.92 Å². The molecular formula is C9H11ClN2O2. The van der Waals surface area contributed by atoms with Crippen molar-refractivity contribution in [2.45, 2.75) is 13.0 Å². The molecule has 76 valence electrons. The highest BCUT2D eigenvalue weighted by Crippen LogP contribution is 2.23. The maximum atomic E-state index is 11.4. The zero-order valence-corrected chi connectivity index (χ0v) is 8.71. The van der Waals surface area contributed by atoms with Crippen LogP contribution < -0.4 is 10.5 Å². The Morgan fingerprint density at radius 1 is 1.71 bits per heavy atom. The van der Waals surface area contributed by atoms with Crippen LogP contribution in [-0.4, -0.2) is 23.9 Å². The molecule has 1 heterocycles. The molecule has 1 aromatic rings. The van der Waals surface area contributed by atoms with Gasteiger partial charge in [0.15, 0.2) is 5.78 Å². The molecule has 0 radical (unpaired) electrons. The van der Waals surface area contributed by atoms with Crippen molar-refractivity contribution in [3.05, 3.63) is 23.0 Å². The molecular weight excluding hydrogens is 204 g/mol. The molecule has 0 aliphatic carbocycles. The van der Waals surface area contributed by atoms with Gasteiger partial charge in [-0.1, -0.05) is 11.6 Å². The third kappa shape index (κ3) is 2.21. The average molecular weight is 215 g/mol. The molecule has 0 fully saturated rings. The number of halogens is 1. The van der Waals surface area contributed by atoms with Gasteiger partial charge in [-0.3, -0.25) is 9.78 Å². The molecule has 1 atom stereocenters. The molecule has 0 aliphatic rings. The number of nitrogens with zero attached hydrogens (tertiary/aromatic N) is 1. The summed E-state index contributed by atoms with van der Waals surface area (Å²) in [6, 6.07) is 0.905. The SMILES string of the molecule is COc1cc(C(=O)C(C)N)ncc1Cl. The second kappa shape index (κ2) is 4.39. The predicted octanol–water partition coefficient (Wildman–Crippen LogP) is 1.27. The summed E-state index contributed by atoms with van der Waals surface area (Å²) in [5.41, 5.74) is 5.70. The van der Waals surface area contributed by atoms with Gasteiger partial charge in [0, 0.05) is 6.07 Å². The minimum Gasteiger partial charge on any atom is -0.495 e. The molecule has 5 heteroatoms. The lowest BCUT2D eigenvalue weighted by molar-refractivity contribution is 0.0962. The van der Waals surface area contributed by atoms with Crippen molar-refractivity contribution in [1.82, 2.24) is 4.98 Å². The summed E-state index contributed by atoms with van der Waals surface area (Å²) in [4.78, 5) is 15.3. The molecule has 0 saturated carbocycles. The number of rotatable bonds is 3. The highest BCUT2D eigenvalue weighted by Gasteiger charge is 2.14. The molecule has 0 aromatic carbocycles. The van der Waals surface area contributed by atoms with Crippen LogP contribution in [0.5, 0.6) is 5.75 Å². The van der Waals surface area contributed by atoms with Crippen LogP contribution in [0.4, 0.5) is 0 Å². The van der Waals surface area contributed by atoms with Gasteiger partial charge in [-0.2, -0.15) is 0 Å². The minimum absolute atomic E-state index is 0.236. The van der Waals surface area contributed by atoms with Gasteiger partial charge in [0.1, 0.15) is 16.5 Å². The smallest absolute Gasteiger partial charge is 0.197 e. The first-order valence-electron chi connectivity index (χ1n) is 4.05. The van der Waals surface area contributed by atoms with Crippen LogP contribution in [-0.2, 0) is 0 Å². The van der Waals surface area contributed by atoms with E-state index in [2.05, 4.69) is 4.98 Å². The molecule has 14 heavy (non-hydrogen) atoms. The molecule has 4 nitrogen and oxygen atoms in total. The van der Waals surface area contributed by atoms with Crippen LogP contribution in [0.1, 0.15) is 17.4 Å². The van der Waals surface area contributed by atoms with E-state index in [9.17, 15) is 4.79 Å². The van der Waals surface area contributed by atoms with E-state index >= 15 is 0 Å².